The van der Waals surface area contributed by atoms with Gasteiger partial charge in [0.1, 0.15) is 12.4 Å². The molecule has 0 saturated carbocycles. The van der Waals surface area contributed by atoms with Crippen LogP contribution in [-0.4, -0.2) is 39.6 Å². The highest BCUT2D eigenvalue weighted by Gasteiger charge is 2.13. The summed E-state index contributed by atoms with van der Waals surface area (Å²) in [5.41, 5.74) is 3.36. The number of hydrogen-bond acceptors (Lipinski definition) is 5. The van der Waals surface area contributed by atoms with Crippen LogP contribution < -0.4 is 14.4 Å². The fourth-order valence-electron chi connectivity index (χ4n) is 3.44. The molecule has 32 heavy (non-hydrogen) atoms. The van der Waals surface area contributed by atoms with Crippen molar-refractivity contribution >= 4 is 33.5 Å². The fourth-order valence-corrected chi connectivity index (χ4v) is 4.01. The van der Waals surface area contributed by atoms with Gasteiger partial charge in [-0.25, -0.2) is 4.39 Å². The molecule has 0 spiro atoms. The van der Waals surface area contributed by atoms with Crippen molar-refractivity contribution in [2.75, 3.05) is 38.3 Å². The molecular weight excluding hydrogens is 475 g/mol. The van der Waals surface area contributed by atoms with Crippen LogP contribution in [0.5, 0.6) is 11.5 Å². The monoisotopic (exact) mass is 498 g/mol. The summed E-state index contributed by atoms with van der Waals surface area (Å²) < 4.78 is 31.3. The van der Waals surface area contributed by atoms with Gasteiger partial charge in [0.05, 0.1) is 30.5 Å². The van der Waals surface area contributed by atoms with E-state index in [1.54, 1.807) is 31.5 Å². The summed E-state index contributed by atoms with van der Waals surface area (Å²) in [5.74, 6) is 0.758. The molecule has 3 aromatic rings. The molecule has 0 atom stereocenters. The topological polar surface area (TPSA) is 43.3 Å². The van der Waals surface area contributed by atoms with E-state index in [0.29, 0.717) is 21.5 Å². The highest BCUT2D eigenvalue weighted by molar-refractivity contribution is 9.10. The number of methoxy groups -OCH3 is 1. The van der Waals surface area contributed by atoms with E-state index in [2.05, 4.69) is 38.0 Å². The molecule has 0 radical (unpaired) electrons. The van der Waals surface area contributed by atoms with E-state index in [1.165, 1.54) is 11.8 Å². The summed E-state index contributed by atoms with van der Waals surface area (Å²) in [6, 6.07) is 18.4. The van der Waals surface area contributed by atoms with Crippen LogP contribution in [0.1, 0.15) is 11.1 Å². The first kappa shape index (κ1) is 22.3. The van der Waals surface area contributed by atoms with Gasteiger partial charge in [0.2, 0.25) is 0 Å². The normalized spacial score (nSPS) is 14.0. The third-order valence-corrected chi connectivity index (χ3v) is 5.76. The molecule has 1 fully saturated rings. The average molecular weight is 499 g/mol. The van der Waals surface area contributed by atoms with Crippen molar-refractivity contribution in [1.82, 2.24) is 0 Å². The van der Waals surface area contributed by atoms with Crippen LogP contribution in [0.4, 0.5) is 15.8 Å². The Hall–Kier alpha value is -2.90. The first-order valence-corrected chi connectivity index (χ1v) is 11.1. The third kappa shape index (κ3) is 5.47. The maximum atomic E-state index is 13.9. The third-order valence-electron chi connectivity index (χ3n) is 5.17. The van der Waals surface area contributed by atoms with Crippen molar-refractivity contribution < 1.29 is 18.6 Å². The molecule has 1 aliphatic heterocycles. The van der Waals surface area contributed by atoms with E-state index in [9.17, 15) is 4.39 Å². The Balaban J connectivity index is 1.46. The maximum absolute atomic E-state index is 13.9. The highest BCUT2D eigenvalue weighted by atomic mass is 79.9. The first-order valence-electron chi connectivity index (χ1n) is 10.3. The van der Waals surface area contributed by atoms with Crippen LogP contribution in [0.3, 0.4) is 0 Å². The van der Waals surface area contributed by atoms with Crippen LogP contribution in [-0.2, 0) is 11.3 Å². The lowest BCUT2D eigenvalue weighted by Gasteiger charge is -2.28. The van der Waals surface area contributed by atoms with Gasteiger partial charge in [-0.05, 0) is 64.0 Å². The van der Waals surface area contributed by atoms with Gasteiger partial charge < -0.3 is 19.1 Å². The maximum Gasteiger partial charge on any atom is 0.175 e. The molecule has 3 aromatic carbocycles. The molecule has 0 unspecified atom stereocenters. The molecule has 7 heteroatoms. The van der Waals surface area contributed by atoms with Gasteiger partial charge in [-0.15, -0.1) is 0 Å². The van der Waals surface area contributed by atoms with E-state index in [1.807, 2.05) is 24.3 Å². The predicted molar refractivity (Wildman–Crippen MR) is 128 cm³/mol. The number of halogens is 2. The van der Waals surface area contributed by atoms with Gasteiger partial charge in [0, 0.05) is 30.6 Å². The van der Waals surface area contributed by atoms with E-state index in [-0.39, 0.29) is 12.4 Å². The zero-order valence-corrected chi connectivity index (χ0v) is 19.3. The Morgan fingerprint density at radius 2 is 1.84 bits per heavy atom. The predicted octanol–water partition coefficient (Wildman–Crippen LogP) is 5.76. The molecule has 0 aromatic heterocycles. The molecule has 1 heterocycles. The van der Waals surface area contributed by atoms with Crippen molar-refractivity contribution in [2.45, 2.75) is 6.61 Å². The fraction of sp³-hybridized carbons (Fsp3) is 0.240. The number of rotatable bonds is 7. The Kier molecular flexibility index (Phi) is 7.39. The summed E-state index contributed by atoms with van der Waals surface area (Å²) in [4.78, 5) is 6.88. The van der Waals surface area contributed by atoms with Crippen LogP contribution >= 0.6 is 15.9 Å². The van der Waals surface area contributed by atoms with Gasteiger partial charge in [-0.2, -0.15) is 0 Å². The molecule has 1 saturated heterocycles. The number of benzene rings is 3. The van der Waals surface area contributed by atoms with Crippen molar-refractivity contribution in [2.24, 2.45) is 4.99 Å². The number of nitrogens with zero attached hydrogens (tertiary/aromatic N) is 2. The molecule has 0 bridgehead atoms. The Labute approximate surface area is 195 Å². The van der Waals surface area contributed by atoms with E-state index in [0.717, 1.165) is 37.6 Å². The molecule has 5 nitrogen and oxygen atoms in total. The zero-order valence-electron chi connectivity index (χ0n) is 17.8. The molecular formula is C25H24BrFN2O3. The lowest BCUT2D eigenvalue weighted by atomic mass is 10.2. The number of anilines is 1. The first-order chi connectivity index (χ1) is 15.6. The Morgan fingerprint density at radius 1 is 1.09 bits per heavy atom. The number of morpholine rings is 1. The standard InChI is InChI=1S/C25H24BrFN2O3/c1-30-24-15-18(14-22(26)25(24)32-17-19-4-2-3-5-23(19)27)16-28-20-6-8-21(9-7-20)29-10-12-31-13-11-29/h2-9,14-16H,10-13,17H2,1H3. The minimum atomic E-state index is -0.300. The van der Waals surface area contributed by atoms with Crippen LogP contribution in [0.25, 0.3) is 0 Å². The van der Waals surface area contributed by atoms with Crippen molar-refractivity contribution in [1.29, 1.82) is 0 Å². The lowest BCUT2D eigenvalue weighted by Crippen LogP contribution is -2.36. The largest absolute Gasteiger partial charge is 0.493 e. The quantitative estimate of drug-likeness (QED) is 0.388. The minimum absolute atomic E-state index is 0.102. The second-order valence-electron chi connectivity index (χ2n) is 7.29. The van der Waals surface area contributed by atoms with E-state index < -0.39 is 0 Å². The number of hydrogen-bond donors (Lipinski definition) is 0. The van der Waals surface area contributed by atoms with Gasteiger partial charge >= 0.3 is 0 Å². The molecule has 0 N–H and O–H groups in total. The Morgan fingerprint density at radius 3 is 2.56 bits per heavy atom. The molecule has 0 aliphatic carbocycles. The molecule has 1 aliphatic rings. The van der Waals surface area contributed by atoms with Crippen LogP contribution in [0.2, 0.25) is 0 Å². The summed E-state index contributed by atoms with van der Waals surface area (Å²) in [7, 11) is 1.57. The minimum Gasteiger partial charge on any atom is -0.493 e. The van der Waals surface area contributed by atoms with Crippen molar-refractivity contribution in [3.8, 4) is 11.5 Å². The SMILES string of the molecule is COc1cc(C=Nc2ccc(N3CCOCC3)cc2)cc(Br)c1OCc1ccccc1F. The summed E-state index contributed by atoms with van der Waals surface area (Å²) >= 11 is 3.53. The second-order valence-corrected chi connectivity index (χ2v) is 8.14. The van der Waals surface area contributed by atoms with Crippen molar-refractivity contribution in [3.05, 3.63) is 82.1 Å². The summed E-state index contributed by atoms with van der Waals surface area (Å²) in [5, 5.41) is 0. The van der Waals surface area contributed by atoms with Gasteiger partial charge in [-0.1, -0.05) is 18.2 Å². The van der Waals surface area contributed by atoms with Crippen molar-refractivity contribution in [3.63, 3.8) is 0 Å². The zero-order chi connectivity index (χ0) is 22.3. The van der Waals surface area contributed by atoms with E-state index >= 15 is 0 Å². The second kappa shape index (κ2) is 10.6. The van der Waals surface area contributed by atoms with E-state index in [4.69, 9.17) is 14.2 Å². The molecule has 0 amide bonds. The highest BCUT2D eigenvalue weighted by Crippen LogP contribution is 2.37. The van der Waals surface area contributed by atoms with Gasteiger partial charge in [0.15, 0.2) is 11.5 Å². The molecule has 166 valence electrons. The summed E-state index contributed by atoms with van der Waals surface area (Å²) in [6.45, 7) is 3.43. The Bertz CT molecular complexity index is 1080. The molecule has 4 rings (SSSR count). The van der Waals surface area contributed by atoms with Crippen LogP contribution in [0, 0.1) is 5.82 Å². The summed E-state index contributed by atoms with van der Waals surface area (Å²) in [6.07, 6.45) is 1.78. The van der Waals surface area contributed by atoms with Gasteiger partial charge in [-0.3, -0.25) is 4.99 Å². The number of ether oxygens (including phenoxy) is 3. The van der Waals surface area contributed by atoms with Crippen LogP contribution in [0.15, 0.2) is 70.1 Å². The van der Waals surface area contributed by atoms with Gasteiger partial charge in [0.25, 0.3) is 0 Å². The lowest BCUT2D eigenvalue weighted by molar-refractivity contribution is 0.122. The average Bonchev–Trinajstić information content (AvgIpc) is 2.83. The number of aliphatic imine (C=N–C) groups is 1. The smallest absolute Gasteiger partial charge is 0.175 e.